The molecule has 3 aromatic rings. The van der Waals surface area contributed by atoms with Crippen LogP contribution in [0.5, 0.6) is 0 Å². The second-order valence-corrected chi connectivity index (χ2v) is 9.08. The highest BCUT2D eigenvalue weighted by Gasteiger charge is 2.18. The number of ether oxygens (including phenoxy) is 1. The van der Waals surface area contributed by atoms with E-state index in [0.717, 1.165) is 16.7 Å². The van der Waals surface area contributed by atoms with Crippen LogP contribution in [-0.2, 0) is 16.1 Å². The van der Waals surface area contributed by atoms with Gasteiger partial charge in [0.1, 0.15) is 12.1 Å². The van der Waals surface area contributed by atoms with Crippen molar-refractivity contribution in [2.75, 3.05) is 18.9 Å². The average Bonchev–Trinajstić information content (AvgIpc) is 2.82. The number of hydrogen-bond donors (Lipinski definition) is 2. The minimum atomic E-state index is -0.624. The van der Waals surface area contributed by atoms with E-state index in [4.69, 9.17) is 4.74 Å². The Morgan fingerprint density at radius 1 is 0.971 bits per heavy atom. The zero-order chi connectivity index (χ0) is 25.4. The van der Waals surface area contributed by atoms with Gasteiger partial charge in [-0.1, -0.05) is 30.3 Å². The Balaban J connectivity index is 1.57. The second-order valence-electron chi connectivity index (χ2n) is 9.08. The van der Waals surface area contributed by atoms with E-state index in [-0.39, 0.29) is 18.4 Å². The molecule has 0 aliphatic heterocycles. The molecule has 0 unspecified atom stereocenters. The molecule has 0 atom stereocenters. The van der Waals surface area contributed by atoms with Crippen molar-refractivity contribution in [3.8, 4) is 11.1 Å². The Kier molecular flexibility index (Phi) is 8.20. The van der Waals surface area contributed by atoms with E-state index >= 15 is 0 Å². The lowest BCUT2D eigenvalue weighted by Crippen LogP contribution is -2.40. The molecule has 3 amide bonds. The van der Waals surface area contributed by atoms with Gasteiger partial charge in [0.25, 0.3) is 5.91 Å². The van der Waals surface area contributed by atoms with Crippen LogP contribution in [0.4, 0.5) is 10.5 Å². The van der Waals surface area contributed by atoms with Gasteiger partial charge in [-0.05, 0) is 67.8 Å². The zero-order valence-corrected chi connectivity index (χ0v) is 20.4. The van der Waals surface area contributed by atoms with E-state index in [1.165, 1.54) is 6.20 Å². The van der Waals surface area contributed by atoms with Gasteiger partial charge in [0.05, 0.1) is 5.56 Å². The highest BCUT2D eigenvalue weighted by Crippen LogP contribution is 2.23. The van der Waals surface area contributed by atoms with Crippen LogP contribution in [0, 0.1) is 0 Å². The summed E-state index contributed by atoms with van der Waals surface area (Å²) in [7, 11) is 1.69. The average molecular weight is 475 g/mol. The molecule has 0 aliphatic rings. The Hall–Kier alpha value is -4.20. The van der Waals surface area contributed by atoms with Gasteiger partial charge in [-0.3, -0.25) is 14.6 Å². The quantitative estimate of drug-likeness (QED) is 0.526. The van der Waals surface area contributed by atoms with Gasteiger partial charge in [0.2, 0.25) is 5.91 Å². The first-order chi connectivity index (χ1) is 16.6. The number of hydrogen-bond acceptors (Lipinski definition) is 5. The number of nitrogens with zero attached hydrogens (tertiary/aromatic N) is 2. The summed E-state index contributed by atoms with van der Waals surface area (Å²) in [6, 6.07) is 18.8. The van der Waals surface area contributed by atoms with E-state index in [2.05, 4.69) is 15.6 Å². The number of benzene rings is 2. The lowest BCUT2D eigenvalue weighted by atomic mass is 10.0. The molecule has 1 heterocycles. The van der Waals surface area contributed by atoms with E-state index in [1.54, 1.807) is 51.0 Å². The number of nitrogens with one attached hydrogen (secondary N) is 2. The summed E-state index contributed by atoms with van der Waals surface area (Å²) in [6.07, 6.45) is 2.51. The standard InChI is InChI=1S/C27H30N4O4/c1-27(2,3)35-26(34)29-17-24(32)31(4)18-19-7-5-8-21(15-19)20-10-12-23(13-11-20)30-25(33)22-9-6-14-28-16-22/h5-16H,17-18H2,1-4H3,(H,29,34)(H,30,33). The van der Waals surface area contributed by atoms with E-state index in [9.17, 15) is 14.4 Å². The van der Waals surface area contributed by atoms with Crippen LogP contribution in [0.1, 0.15) is 36.7 Å². The van der Waals surface area contributed by atoms with Crippen molar-refractivity contribution in [2.24, 2.45) is 0 Å². The minimum absolute atomic E-state index is 0.142. The van der Waals surface area contributed by atoms with Crippen molar-refractivity contribution >= 4 is 23.6 Å². The number of alkyl carbamates (subject to hydrolysis) is 1. The molecule has 0 radical (unpaired) electrons. The first kappa shape index (κ1) is 25.4. The largest absolute Gasteiger partial charge is 0.444 e. The lowest BCUT2D eigenvalue weighted by Gasteiger charge is -2.21. The Bertz CT molecular complexity index is 1170. The predicted molar refractivity (Wildman–Crippen MR) is 135 cm³/mol. The molecule has 3 rings (SSSR count). The number of carbonyl (C=O) groups excluding carboxylic acids is 3. The van der Waals surface area contributed by atoms with Crippen LogP contribution >= 0.6 is 0 Å². The summed E-state index contributed by atoms with van der Waals surface area (Å²) >= 11 is 0. The first-order valence-electron chi connectivity index (χ1n) is 11.2. The van der Waals surface area contributed by atoms with Crippen LogP contribution in [0.2, 0.25) is 0 Å². The lowest BCUT2D eigenvalue weighted by molar-refractivity contribution is -0.129. The van der Waals surface area contributed by atoms with Crippen LogP contribution < -0.4 is 10.6 Å². The van der Waals surface area contributed by atoms with Crippen molar-refractivity contribution in [3.05, 3.63) is 84.2 Å². The maximum atomic E-state index is 12.4. The molecule has 2 aromatic carbocycles. The molecule has 0 aliphatic carbocycles. The Morgan fingerprint density at radius 2 is 1.71 bits per heavy atom. The summed E-state index contributed by atoms with van der Waals surface area (Å²) < 4.78 is 5.16. The summed E-state index contributed by atoms with van der Waals surface area (Å²) in [5.41, 5.74) is 3.46. The number of rotatable bonds is 7. The molecular weight excluding hydrogens is 444 g/mol. The second kappa shape index (κ2) is 11.3. The molecule has 0 saturated heterocycles. The van der Waals surface area contributed by atoms with Gasteiger partial charge in [0.15, 0.2) is 0 Å². The zero-order valence-electron chi connectivity index (χ0n) is 20.4. The molecule has 0 fully saturated rings. The number of amides is 3. The Morgan fingerprint density at radius 3 is 2.37 bits per heavy atom. The van der Waals surface area contributed by atoms with Crippen molar-refractivity contribution in [2.45, 2.75) is 32.9 Å². The number of anilines is 1. The molecule has 0 bridgehead atoms. The van der Waals surface area contributed by atoms with E-state index < -0.39 is 11.7 Å². The van der Waals surface area contributed by atoms with Gasteiger partial charge in [-0.25, -0.2) is 4.79 Å². The number of carbonyl (C=O) groups is 3. The van der Waals surface area contributed by atoms with Crippen molar-refractivity contribution in [1.82, 2.24) is 15.2 Å². The summed E-state index contributed by atoms with van der Waals surface area (Å²) in [5, 5.41) is 5.34. The molecule has 0 saturated carbocycles. The van der Waals surface area contributed by atoms with E-state index in [1.807, 2.05) is 48.5 Å². The Labute approximate surface area is 205 Å². The topological polar surface area (TPSA) is 101 Å². The fourth-order valence-corrected chi connectivity index (χ4v) is 3.25. The van der Waals surface area contributed by atoms with Gasteiger partial charge < -0.3 is 20.3 Å². The van der Waals surface area contributed by atoms with Crippen LogP contribution in [0.15, 0.2) is 73.1 Å². The van der Waals surface area contributed by atoms with Crippen molar-refractivity contribution < 1.29 is 19.1 Å². The summed E-state index contributed by atoms with van der Waals surface area (Å²) in [6.45, 7) is 5.54. The molecule has 2 N–H and O–H groups in total. The maximum absolute atomic E-state index is 12.4. The van der Waals surface area contributed by atoms with Crippen LogP contribution in [0.25, 0.3) is 11.1 Å². The monoisotopic (exact) mass is 474 g/mol. The predicted octanol–water partition coefficient (Wildman–Crippen LogP) is 4.48. The maximum Gasteiger partial charge on any atom is 0.408 e. The molecule has 8 heteroatoms. The fourth-order valence-electron chi connectivity index (χ4n) is 3.25. The number of likely N-dealkylation sites (N-methyl/N-ethyl adjacent to an activating group) is 1. The third kappa shape index (κ3) is 7.96. The number of pyridine rings is 1. The third-order valence-electron chi connectivity index (χ3n) is 4.96. The van der Waals surface area contributed by atoms with Gasteiger partial charge >= 0.3 is 6.09 Å². The first-order valence-corrected chi connectivity index (χ1v) is 11.2. The van der Waals surface area contributed by atoms with Gasteiger partial charge in [-0.2, -0.15) is 0 Å². The molecule has 182 valence electrons. The molecule has 35 heavy (non-hydrogen) atoms. The summed E-state index contributed by atoms with van der Waals surface area (Å²) in [4.78, 5) is 42.0. The van der Waals surface area contributed by atoms with Gasteiger partial charge in [-0.15, -0.1) is 0 Å². The van der Waals surface area contributed by atoms with Crippen LogP contribution in [0.3, 0.4) is 0 Å². The normalized spacial score (nSPS) is 10.9. The fraction of sp³-hybridized carbons (Fsp3) is 0.259. The van der Waals surface area contributed by atoms with Crippen molar-refractivity contribution in [3.63, 3.8) is 0 Å². The molecule has 8 nitrogen and oxygen atoms in total. The molecule has 1 aromatic heterocycles. The third-order valence-corrected chi connectivity index (χ3v) is 4.96. The highest BCUT2D eigenvalue weighted by atomic mass is 16.6. The van der Waals surface area contributed by atoms with Crippen LogP contribution in [-0.4, -0.2) is 47.0 Å². The van der Waals surface area contributed by atoms with Gasteiger partial charge in [0, 0.05) is 31.7 Å². The van der Waals surface area contributed by atoms with E-state index in [0.29, 0.717) is 17.8 Å². The minimum Gasteiger partial charge on any atom is -0.444 e. The molecule has 0 spiro atoms. The highest BCUT2D eigenvalue weighted by molar-refractivity contribution is 6.04. The smallest absolute Gasteiger partial charge is 0.408 e. The molecular formula is C27H30N4O4. The number of aromatic nitrogens is 1. The summed E-state index contributed by atoms with van der Waals surface area (Å²) in [5.74, 6) is -0.448. The SMILES string of the molecule is CN(Cc1cccc(-c2ccc(NC(=O)c3cccnc3)cc2)c1)C(=O)CNC(=O)OC(C)(C)C. The van der Waals surface area contributed by atoms with Crippen molar-refractivity contribution in [1.29, 1.82) is 0 Å².